The Morgan fingerprint density at radius 2 is 1.62 bits per heavy atom. The van der Waals surface area contributed by atoms with Crippen LogP contribution >= 0.6 is 0 Å². The van der Waals surface area contributed by atoms with E-state index in [2.05, 4.69) is 0 Å². The molecule has 0 aliphatic carbocycles. The van der Waals surface area contributed by atoms with Crippen molar-refractivity contribution in [2.24, 2.45) is 0 Å². The topological polar surface area (TPSA) is 105 Å². The Bertz CT molecular complexity index is 468. The van der Waals surface area contributed by atoms with Crippen molar-refractivity contribution in [3.05, 3.63) is 22.6 Å². The first-order valence-electron chi connectivity index (χ1n) is 4.42. The van der Waals surface area contributed by atoms with Gasteiger partial charge in [0.25, 0.3) is 0 Å². The fraction of sp³-hybridized carbons (Fsp3) is 0.300. The van der Waals surface area contributed by atoms with Gasteiger partial charge in [-0.05, 0) is 13.8 Å². The first-order chi connectivity index (χ1) is 7.34. The highest BCUT2D eigenvalue weighted by atomic mass is 16.4. The van der Waals surface area contributed by atoms with Gasteiger partial charge in [0.1, 0.15) is 28.4 Å². The van der Waals surface area contributed by atoms with Gasteiger partial charge in [-0.2, -0.15) is 0 Å². The predicted molar refractivity (Wildman–Crippen MR) is 51.7 cm³/mol. The standard InChI is InChI=1S/C10H10O6/c1-4(11)3-6-8(10(14)15)7(9(12)13)5(2)16-6/h3H2,1-2H3,(H,12,13)(H,14,15). The lowest BCUT2D eigenvalue weighted by Crippen LogP contribution is -2.09. The number of Topliss-reactive ketones (excluding diaryl/α,β-unsaturated/α-hetero) is 1. The summed E-state index contributed by atoms with van der Waals surface area (Å²) in [6.45, 7) is 2.61. The van der Waals surface area contributed by atoms with Gasteiger partial charge in [-0.15, -0.1) is 0 Å². The SMILES string of the molecule is CC(=O)Cc1oc(C)c(C(=O)O)c1C(=O)O. The van der Waals surface area contributed by atoms with E-state index in [0.717, 1.165) is 0 Å². The van der Waals surface area contributed by atoms with Crippen LogP contribution in [0.4, 0.5) is 0 Å². The fourth-order valence-corrected chi connectivity index (χ4v) is 1.44. The Morgan fingerprint density at radius 1 is 1.12 bits per heavy atom. The number of aromatic carboxylic acids is 2. The zero-order valence-corrected chi connectivity index (χ0v) is 8.73. The maximum Gasteiger partial charge on any atom is 0.340 e. The number of ketones is 1. The van der Waals surface area contributed by atoms with Crippen LogP contribution in [-0.4, -0.2) is 27.9 Å². The molecule has 0 radical (unpaired) electrons. The van der Waals surface area contributed by atoms with E-state index in [0.29, 0.717) is 0 Å². The maximum absolute atomic E-state index is 10.9. The number of hydrogen-bond acceptors (Lipinski definition) is 4. The van der Waals surface area contributed by atoms with Gasteiger partial charge >= 0.3 is 11.9 Å². The van der Waals surface area contributed by atoms with Gasteiger partial charge in [0.2, 0.25) is 0 Å². The van der Waals surface area contributed by atoms with Gasteiger partial charge in [0.05, 0.1) is 6.42 Å². The average molecular weight is 226 g/mol. The van der Waals surface area contributed by atoms with Crippen molar-refractivity contribution >= 4 is 17.7 Å². The molecule has 0 saturated heterocycles. The third-order valence-electron chi connectivity index (χ3n) is 1.99. The van der Waals surface area contributed by atoms with E-state index in [9.17, 15) is 14.4 Å². The van der Waals surface area contributed by atoms with Crippen LogP contribution in [0.25, 0.3) is 0 Å². The Hall–Kier alpha value is -2.11. The van der Waals surface area contributed by atoms with E-state index in [1.54, 1.807) is 0 Å². The van der Waals surface area contributed by atoms with Crippen LogP contribution in [0, 0.1) is 6.92 Å². The van der Waals surface area contributed by atoms with E-state index >= 15 is 0 Å². The van der Waals surface area contributed by atoms with Crippen LogP contribution in [-0.2, 0) is 11.2 Å². The lowest BCUT2D eigenvalue weighted by atomic mass is 10.1. The van der Waals surface area contributed by atoms with E-state index in [1.165, 1.54) is 13.8 Å². The molecule has 0 unspecified atom stereocenters. The van der Waals surface area contributed by atoms with Crippen molar-refractivity contribution in [3.63, 3.8) is 0 Å². The lowest BCUT2D eigenvalue weighted by molar-refractivity contribution is -0.116. The second-order valence-electron chi connectivity index (χ2n) is 3.32. The van der Waals surface area contributed by atoms with Gasteiger partial charge in [-0.1, -0.05) is 0 Å². The Labute approximate surface area is 90.5 Å². The summed E-state index contributed by atoms with van der Waals surface area (Å²) in [7, 11) is 0. The van der Waals surface area contributed by atoms with E-state index in [4.69, 9.17) is 14.6 Å². The van der Waals surface area contributed by atoms with Gasteiger partial charge in [-0.3, -0.25) is 4.79 Å². The first-order valence-corrected chi connectivity index (χ1v) is 4.42. The van der Waals surface area contributed by atoms with Crippen molar-refractivity contribution in [2.75, 3.05) is 0 Å². The van der Waals surface area contributed by atoms with Gasteiger partial charge < -0.3 is 14.6 Å². The maximum atomic E-state index is 10.9. The molecule has 0 spiro atoms. The van der Waals surface area contributed by atoms with Crippen molar-refractivity contribution < 1.29 is 29.0 Å². The molecule has 1 rings (SSSR count). The molecule has 6 nitrogen and oxygen atoms in total. The smallest absolute Gasteiger partial charge is 0.340 e. The third-order valence-corrected chi connectivity index (χ3v) is 1.99. The molecule has 0 amide bonds. The molecule has 0 atom stereocenters. The van der Waals surface area contributed by atoms with Crippen LogP contribution in [0.1, 0.15) is 39.2 Å². The van der Waals surface area contributed by atoms with E-state index in [1.807, 2.05) is 0 Å². The number of carboxylic acids is 2. The molecule has 0 saturated carbocycles. The Morgan fingerprint density at radius 3 is 2.00 bits per heavy atom. The fourth-order valence-electron chi connectivity index (χ4n) is 1.44. The Kier molecular flexibility index (Phi) is 3.12. The van der Waals surface area contributed by atoms with Gasteiger partial charge in [-0.25, -0.2) is 9.59 Å². The second kappa shape index (κ2) is 4.18. The van der Waals surface area contributed by atoms with Crippen molar-refractivity contribution in [1.82, 2.24) is 0 Å². The number of carbonyl (C=O) groups is 3. The number of furan rings is 1. The van der Waals surface area contributed by atoms with Crippen molar-refractivity contribution in [3.8, 4) is 0 Å². The molecule has 6 heteroatoms. The minimum atomic E-state index is -1.41. The van der Waals surface area contributed by atoms with Gasteiger partial charge in [0.15, 0.2) is 0 Å². The predicted octanol–water partition coefficient (Wildman–Crippen LogP) is 1.12. The monoisotopic (exact) mass is 226 g/mol. The van der Waals surface area contributed by atoms with Crippen LogP contribution < -0.4 is 0 Å². The summed E-state index contributed by atoms with van der Waals surface area (Å²) >= 11 is 0. The van der Waals surface area contributed by atoms with Crippen molar-refractivity contribution in [2.45, 2.75) is 20.3 Å². The molecule has 16 heavy (non-hydrogen) atoms. The van der Waals surface area contributed by atoms with Crippen LogP contribution in [0.5, 0.6) is 0 Å². The first kappa shape index (κ1) is 12.0. The summed E-state index contributed by atoms with van der Waals surface area (Å²) in [5.41, 5.74) is -0.844. The zero-order chi connectivity index (χ0) is 12.5. The molecule has 0 fully saturated rings. The molecule has 0 bridgehead atoms. The zero-order valence-electron chi connectivity index (χ0n) is 8.73. The minimum Gasteiger partial charge on any atom is -0.478 e. The summed E-state index contributed by atoms with van der Waals surface area (Å²) in [5, 5.41) is 17.7. The second-order valence-corrected chi connectivity index (χ2v) is 3.32. The van der Waals surface area contributed by atoms with E-state index < -0.39 is 23.1 Å². The molecule has 0 aliphatic rings. The number of aryl methyl sites for hydroxylation is 1. The molecule has 1 aromatic heterocycles. The molecule has 2 N–H and O–H groups in total. The molecule has 0 aliphatic heterocycles. The lowest BCUT2D eigenvalue weighted by Gasteiger charge is -1.96. The number of hydrogen-bond donors (Lipinski definition) is 2. The number of carbonyl (C=O) groups excluding carboxylic acids is 1. The number of carboxylic acid groups (broad SMARTS) is 2. The number of rotatable bonds is 4. The summed E-state index contributed by atoms with van der Waals surface area (Å²) in [6.07, 6.45) is -0.226. The molecule has 86 valence electrons. The highest BCUT2D eigenvalue weighted by molar-refractivity contribution is 6.03. The normalized spacial score (nSPS) is 10.1. The van der Waals surface area contributed by atoms with Gasteiger partial charge in [0, 0.05) is 0 Å². The van der Waals surface area contributed by atoms with E-state index in [-0.39, 0.29) is 23.7 Å². The highest BCUT2D eigenvalue weighted by Crippen LogP contribution is 2.23. The highest BCUT2D eigenvalue weighted by Gasteiger charge is 2.28. The van der Waals surface area contributed by atoms with Crippen LogP contribution in [0.2, 0.25) is 0 Å². The Balaban J connectivity index is 3.40. The summed E-state index contributed by atoms with van der Waals surface area (Å²) in [6, 6.07) is 0. The largest absolute Gasteiger partial charge is 0.478 e. The third kappa shape index (κ3) is 2.10. The minimum absolute atomic E-state index is 0.0128. The molecule has 1 aromatic rings. The quantitative estimate of drug-likeness (QED) is 0.796. The van der Waals surface area contributed by atoms with Crippen molar-refractivity contribution in [1.29, 1.82) is 0 Å². The summed E-state index contributed by atoms with van der Waals surface area (Å²) < 4.78 is 5.00. The molecular weight excluding hydrogens is 216 g/mol. The van der Waals surface area contributed by atoms with Crippen LogP contribution in [0.15, 0.2) is 4.42 Å². The van der Waals surface area contributed by atoms with Crippen LogP contribution in [0.3, 0.4) is 0 Å². The summed E-state index contributed by atoms with van der Waals surface area (Å²) in [4.78, 5) is 32.6. The molecular formula is C10H10O6. The summed E-state index contributed by atoms with van der Waals surface area (Å²) in [5.74, 6) is -3.22. The molecule has 1 heterocycles. The molecule has 0 aromatic carbocycles. The average Bonchev–Trinajstić information content (AvgIpc) is 2.40.